The van der Waals surface area contributed by atoms with Crippen LogP contribution in [-0.4, -0.2) is 85.5 Å². The first-order chi connectivity index (χ1) is 13.2. The fourth-order valence-corrected chi connectivity index (χ4v) is 5.03. The van der Waals surface area contributed by atoms with Crippen LogP contribution in [0.3, 0.4) is 0 Å². The number of hydrogen-bond donors (Lipinski definition) is 0. The van der Waals surface area contributed by atoms with Crippen LogP contribution in [0.5, 0.6) is 0 Å². The van der Waals surface area contributed by atoms with Gasteiger partial charge in [-0.1, -0.05) is 24.3 Å². The van der Waals surface area contributed by atoms with Crippen molar-refractivity contribution >= 4 is 0 Å². The highest BCUT2D eigenvalue weighted by molar-refractivity contribution is 5.21. The topological polar surface area (TPSA) is 46.3 Å². The van der Waals surface area contributed by atoms with Crippen molar-refractivity contribution < 1.29 is 19.4 Å². The molecule has 1 aromatic rings. The molecule has 28 heavy (non-hydrogen) atoms. The molecule has 0 saturated carbocycles. The summed E-state index contributed by atoms with van der Waals surface area (Å²) in [5.41, 5.74) is 2.73. The molecule has 2 radical (unpaired) electrons. The monoisotopic (exact) mass is 390 g/mol. The summed E-state index contributed by atoms with van der Waals surface area (Å²) in [6, 6.07) is 10.2. The van der Waals surface area contributed by atoms with Gasteiger partial charge in [-0.15, -0.1) is 10.4 Å². The maximum absolute atomic E-state index is 11.5. The van der Waals surface area contributed by atoms with E-state index in [0.717, 1.165) is 47.7 Å². The molecule has 0 atom stereocenters. The molecule has 2 saturated heterocycles. The third kappa shape index (κ3) is 5.53. The average Bonchev–Trinajstić information content (AvgIpc) is 2.64. The van der Waals surface area contributed by atoms with Gasteiger partial charge in [0.05, 0.1) is 40.3 Å². The standard InChI is InChI=1S/C22H38N4O2/c1-25(2,21-9-13-23(27)14-10-21)17-19-5-7-20(8-6-19)18-26(3,4)22-11-15-24(28)16-12-22/h5-8,21-22H,9-18H2,1-4H3/q+2. The molecule has 1 aromatic carbocycles. The van der Waals surface area contributed by atoms with E-state index in [2.05, 4.69) is 52.5 Å². The van der Waals surface area contributed by atoms with Gasteiger partial charge in [-0.3, -0.25) is 0 Å². The minimum atomic E-state index is 0.562. The minimum Gasteiger partial charge on any atom is -0.322 e. The zero-order valence-corrected chi connectivity index (χ0v) is 18.1. The van der Waals surface area contributed by atoms with Crippen molar-refractivity contribution in [2.45, 2.75) is 50.9 Å². The summed E-state index contributed by atoms with van der Waals surface area (Å²) in [6.07, 6.45) is 3.95. The Bertz CT molecular complexity index is 561. The van der Waals surface area contributed by atoms with Crippen molar-refractivity contribution in [1.29, 1.82) is 0 Å². The van der Waals surface area contributed by atoms with Crippen LogP contribution in [0, 0.1) is 0 Å². The second-order valence-corrected chi connectivity index (χ2v) is 10.0. The molecule has 2 aliphatic rings. The molecule has 0 unspecified atom stereocenters. The zero-order chi connectivity index (χ0) is 20.4. The van der Waals surface area contributed by atoms with E-state index in [0.29, 0.717) is 38.3 Å². The summed E-state index contributed by atoms with van der Waals surface area (Å²) >= 11 is 0. The van der Waals surface area contributed by atoms with Crippen molar-refractivity contribution in [3.8, 4) is 0 Å². The van der Waals surface area contributed by atoms with Crippen LogP contribution in [0.15, 0.2) is 24.3 Å². The molecule has 2 fully saturated rings. The summed E-state index contributed by atoms with van der Waals surface area (Å²) in [7, 11) is 9.17. The molecule has 156 valence electrons. The van der Waals surface area contributed by atoms with Crippen molar-refractivity contribution in [1.82, 2.24) is 10.1 Å². The number of quaternary nitrogens is 2. The predicted molar refractivity (Wildman–Crippen MR) is 109 cm³/mol. The fraction of sp³-hybridized carbons (Fsp3) is 0.727. The van der Waals surface area contributed by atoms with Gasteiger partial charge in [-0.2, -0.15) is 10.1 Å². The largest absolute Gasteiger partial charge is 0.322 e. The highest BCUT2D eigenvalue weighted by Crippen LogP contribution is 2.25. The van der Waals surface area contributed by atoms with Crippen LogP contribution in [0.2, 0.25) is 0 Å². The Hall–Kier alpha value is -1.02. The lowest BCUT2D eigenvalue weighted by atomic mass is 10.00. The number of nitrogens with zero attached hydrogens (tertiary/aromatic N) is 4. The lowest BCUT2D eigenvalue weighted by molar-refractivity contribution is -0.929. The number of hydroxylamine groups is 4. The van der Waals surface area contributed by atoms with E-state index >= 15 is 0 Å². The molecule has 0 bridgehead atoms. The van der Waals surface area contributed by atoms with Crippen molar-refractivity contribution in [3.05, 3.63) is 35.4 Å². The molecule has 6 nitrogen and oxygen atoms in total. The smallest absolute Gasteiger partial charge is 0.104 e. The van der Waals surface area contributed by atoms with Gasteiger partial charge in [-0.05, 0) is 0 Å². The number of hydrogen-bond acceptors (Lipinski definition) is 2. The second kappa shape index (κ2) is 8.78. The minimum absolute atomic E-state index is 0.562. The summed E-state index contributed by atoms with van der Waals surface area (Å²) in [5.74, 6) is 0. The van der Waals surface area contributed by atoms with E-state index in [-0.39, 0.29) is 0 Å². The second-order valence-electron chi connectivity index (χ2n) is 10.0. The van der Waals surface area contributed by atoms with Crippen molar-refractivity contribution in [2.75, 3.05) is 54.4 Å². The van der Waals surface area contributed by atoms with Gasteiger partial charge in [0.15, 0.2) is 0 Å². The van der Waals surface area contributed by atoms with Crippen molar-refractivity contribution in [2.24, 2.45) is 0 Å². The van der Waals surface area contributed by atoms with Crippen LogP contribution in [0.4, 0.5) is 0 Å². The molecular formula is C22H38N4O2+2. The lowest BCUT2D eigenvalue weighted by Gasteiger charge is -2.41. The Labute approximate surface area is 170 Å². The van der Waals surface area contributed by atoms with E-state index in [4.69, 9.17) is 0 Å². The molecular weight excluding hydrogens is 352 g/mol. The Morgan fingerprint density at radius 1 is 0.679 bits per heavy atom. The normalized spacial score (nSPS) is 21.9. The lowest BCUT2D eigenvalue weighted by Crippen LogP contribution is -2.52. The van der Waals surface area contributed by atoms with Crippen LogP contribution in [-0.2, 0) is 23.5 Å². The van der Waals surface area contributed by atoms with Crippen LogP contribution >= 0.6 is 0 Å². The molecule has 0 aliphatic carbocycles. The molecule has 0 N–H and O–H groups in total. The Morgan fingerprint density at radius 3 is 1.25 bits per heavy atom. The van der Waals surface area contributed by atoms with E-state index in [9.17, 15) is 10.4 Å². The van der Waals surface area contributed by atoms with Gasteiger partial charge in [-0.25, -0.2) is 0 Å². The van der Waals surface area contributed by atoms with Gasteiger partial charge < -0.3 is 8.97 Å². The van der Waals surface area contributed by atoms with Crippen LogP contribution in [0.25, 0.3) is 0 Å². The molecule has 6 heteroatoms. The number of benzene rings is 1. The van der Waals surface area contributed by atoms with E-state index < -0.39 is 0 Å². The fourth-order valence-electron chi connectivity index (χ4n) is 5.03. The molecule has 3 rings (SSSR count). The van der Waals surface area contributed by atoms with Crippen molar-refractivity contribution in [3.63, 3.8) is 0 Å². The third-order valence-electron chi connectivity index (χ3n) is 7.03. The first kappa shape index (κ1) is 21.7. The first-order valence-corrected chi connectivity index (χ1v) is 10.7. The van der Waals surface area contributed by atoms with E-state index in [1.165, 1.54) is 21.3 Å². The zero-order valence-electron chi connectivity index (χ0n) is 18.1. The number of piperidine rings is 2. The van der Waals surface area contributed by atoms with Crippen LogP contribution in [0.1, 0.15) is 36.8 Å². The molecule has 2 heterocycles. The third-order valence-corrected chi connectivity index (χ3v) is 7.03. The van der Waals surface area contributed by atoms with E-state index in [1.807, 2.05) is 0 Å². The first-order valence-electron chi connectivity index (χ1n) is 10.7. The molecule has 0 spiro atoms. The van der Waals surface area contributed by atoms with Crippen LogP contribution < -0.4 is 0 Å². The summed E-state index contributed by atoms with van der Waals surface area (Å²) in [6.45, 7) is 4.69. The van der Waals surface area contributed by atoms with Gasteiger partial charge >= 0.3 is 0 Å². The summed E-state index contributed by atoms with van der Waals surface area (Å²) in [5, 5.41) is 25.3. The van der Waals surface area contributed by atoms with E-state index in [1.54, 1.807) is 0 Å². The Balaban J connectivity index is 1.57. The average molecular weight is 391 g/mol. The number of rotatable bonds is 6. The quantitative estimate of drug-likeness (QED) is 0.701. The summed E-state index contributed by atoms with van der Waals surface area (Å²) in [4.78, 5) is 0. The highest BCUT2D eigenvalue weighted by atomic mass is 16.5. The SMILES string of the molecule is C[N+](C)(Cc1ccc(C[N+](C)(C)C2CCN([O])CC2)cc1)C1CCN([O])CC1. The Morgan fingerprint density at radius 2 is 0.964 bits per heavy atom. The van der Waals surface area contributed by atoms with Gasteiger partial charge in [0.2, 0.25) is 0 Å². The molecule has 0 aromatic heterocycles. The highest BCUT2D eigenvalue weighted by Gasteiger charge is 2.33. The summed E-state index contributed by atoms with van der Waals surface area (Å²) < 4.78 is 1.89. The predicted octanol–water partition coefficient (Wildman–Crippen LogP) is 2.46. The van der Waals surface area contributed by atoms with Gasteiger partial charge in [0.1, 0.15) is 13.1 Å². The molecule has 0 amide bonds. The van der Waals surface area contributed by atoms with Gasteiger partial charge in [0.25, 0.3) is 0 Å². The molecule has 2 aliphatic heterocycles. The Kier molecular flexibility index (Phi) is 6.80. The maximum atomic E-state index is 11.5. The maximum Gasteiger partial charge on any atom is 0.104 e. The van der Waals surface area contributed by atoms with Gasteiger partial charge in [0, 0.05) is 63.0 Å².